The van der Waals surface area contributed by atoms with E-state index in [0.29, 0.717) is 0 Å². The van der Waals surface area contributed by atoms with Crippen molar-refractivity contribution in [2.75, 3.05) is 0 Å². The van der Waals surface area contributed by atoms with Gasteiger partial charge in [0.1, 0.15) is 11.6 Å². The molecule has 1 aromatic rings. The summed E-state index contributed by atoms with van der Waals surface area (Å²) in [5, 5.41) is 12.5. The highest BCUT2D eigenvalue weighted by atomic mass is 16.7. The molecule has 1 rings (SSSR count). The van der Waals surface area contributed by atoms with E-state index in [1.165, 1.54) is 13.8 Å². The fourth-order valence-corrected chi connectivity index (χ4v) is 1.81. The lowest BCUT2D eigenvalue weighted by atomic mass is 9.98. The summed E-state index contributed by atoms with van der Waals surface area (Å²) >= 11 is 0. The van der Waals surface area contributed by atoms with Gasteiger partial charge in [0.05, 0.1) is 12.2 Å². The first-order valence-electron chi connectivity index (χ1n) is 7.66. The van der Waals surface area contributed by atoms with Gasteiger partial charge >= 0.3 is 6.09 Å². The van der Waals surface area contributed by atoms with Crippen molar-refractivity contribution in [2.45, 2.75) is 58.5 Å². The summed E-state index contributed by atoms with van der Waals surface area (Å²) < 4.78 is 5.11. The van der Waals surface area contributed by atoms with Crippen molar-refractivity contribution in [1.82, 2.24) is 10.8 Å². The second kappa shape index (κ2) is 8.12. The SMILES string of the molecule is CC(C)(C)OC(=O)N[C@@H](C(=O)NOCc1ccccc1)C(C)(C)O. The lowest BCUT2D eigenvalue weighted by Crippen LogP contribution is -2.58. The molecule has 1 atom stereocenters. The molecule has 7 nitrogen and oxygen atoms in total. The molecule has 0 heterocycles. The Labute approximate surface area is 142 Å². The van der Waals surface area contributed by atoms with Crippen LogP contribution in [0.3, 0.4) is 0 Å². The molecule has 0 unspecified atom stereocenters. The molecule has 0 aliphatic heterocycles. The second-order valence-electron chi connectivity index (χ2n) is 6.97. The molecule has 0 spiro atoms. The number of carbonyl (C=O) groups excluding carboxylic acids is 2. The second-order valence-corrected chi connectivity index (χ2v) is 6.97. The largest absolute Gasteiger partial charge is 0.444 e. The molecule has 0 saturated heterocycles. The number of ether oxygens (including phenoxy) is 1. The number of nitrogens with one attached hydrogen (secondary N) is 2. The fourth-order valence-electron chi connectivity index (χ4n) is 1.81. The lowest BCUT2D eigenvalue weighted by Gasteiger charge is -2.30. The van der Waals surface area contributed by atoms with Crippen LogP contribution in [0.5, 0.6) is 0 Å². The minimum atomic E-state index is -1.50. The Morgan fingerprint density at radius 2 is 1.71 bits per heavy atom. The summed E-state index contributed by atoms with van der Waals surface area (Å²) in [7, 11) is 0. The number of benzene rings is 1. The number of rotatable bonds is 6. The van der Waals surface area contributed by atoms with Gasteiger partial charge < -0.3 is 15.2 Å². The summed E-state index contributed by atoms with van der Waals surface area (Å²) in [5.41, 5.74) is 0.893. The molecule has 0 aliphatic rings. The number of carbonyl (C=O) groups is 2. The van der Waals surface area contributed by atoms with Crippen LogP contribution in [0, 0.1) is 0 Å². The van der Waals surface area contributed by atoms with E-state index in [9.17, 15) is 14.7 Å². The molecular formula is C17H26N2O5. The van der Waals surface area contributed by atoms with Crippen molar-refractivity contribution in [2.24, 2.45) is 0 Å². The van der Waals surface area contributed by atoms with E-state index < -0.39 is 29.2 Å². The molecule has 3 N–H and O–H groups in total. The smallest absolute Gasteiger partial charge is 0.408 e. The number of hydroxylamine groups is 1. The van der Waals surface area contributed by atoms with Gasteiger partial charge in [-0.2, -0.15) is 0 Å². The number of amides is 2. The van der Waals surface area contributed by atoms with Crippen LogP contribution in [0.1, 0.15) is 40.2 Å². The van der Waals surface area contributed by atoms with E-state index in [-0.39, 0.29) is 6.61 Å². The highest BCUT2D eigenvalue weighted by molar-refractivity contribution is 5.86. The predicted octanol–water partition coefficient (Wildman–Crippen LogP) is 1.90. The van der Waals surface area contributed by atoms with Crippen molar-refractivity contribution in [3.63, 3.8) is 0 Å². The first-order valence-corrected chi connectivity index (χ1v) is 7.66. The summed E-state index contributed by atoms with van der Waals surface area (Å²) in [6.45, 7) is 8.09. The van der Waals surface area contributed by atoms with Crippen LogP contribution in [-0.4, -0.2) is 34.4 Å². The number of hydrogen-bond donors (Lipinski definition) is 3. The molecule has 0 fully saturated rings. The standard InChI is InChI=1S/C17H26N2O5/c1-16(2,3)24-15(21)18-13(17(4,5)22)14(20)19-23-11-12-9-7-6-8-10-12/h6-10,13,22H,11H2,1-5H3,(H,18,21)(H,19,20)/t13-/m0/s1. The monoisotopic (exact) mass is 338 g/mol. The zero-order valence-corrected chi connectivity index (χ0v) is 14.8. The summed E-state index contributed by atoms with van der Waals surface area (Å²) in [6, 6.07) is 8.03. The van der Waals surface area contributed by atoms with E-state index in [0.717, 1.165) is 5.56 Å². The predicted molar refractivity (Wildman–Crippen MR) is 88.8 cm³/mol. The molecule has 1 aromatic carbocycles. The highest BCUT2D eigenvalue weighted by Gasteiger charge is 2.36. The average Bonchev–Trinajstić information content (AvgIpc) is 2.42. The van der Waals surface area contributed by atoms with E-state index in [1.54, 1.807) is 20.8 Å². The molecule has 134 valence electrons. The van der Waals surface area contributed by atoms with Gasteiger partial charge in [-0.05, 0) is 40.2 Å². The lowest BCUT2D eigenvalue weighted by molar-refractivity contribution is -0.142. The van der Waals surface area contributed by atoms with Crippen molar-refractivity contribution >= 4 is 12.0 Å². The Kier molecular flexibility index (Phi) is 6.74. The molecule has 0 bridgehead atoms. The van der Waals surface area contributed by atoms with E-state index >= 15 is 0 Å². The third-order valence-electron chi connectivity index (χ3n) is 2.88. The van der Waals surface area contributed by atoms with Gasteiger partial charge in [0.25, 0.3) is 5.91 Å². The molecular weight excluding hydrogens is 312 g/mol. The Morgan fingerprint density at radius 1 is 1.12 bits per heavy atom. The molecule has 0 radical (unpaired) electrons. The van der Waals surface area contributed by atoms with E-state index in [1.807, 2.05) is 30.3 Å². The summed E-state index contributed by atoms with van der Waals surface area (Å²) in [4.78, 5) is 29.2. The number of hydrogen-bond acceptors (Lipinski definition) is 5. The number of alkyl carbamates (subject to hydrolysis) is 1. The summed E-state index contributed by atoms with van der Waals surface area (Å²) in [5.74, 6) is -0.677. The van der Waals surface area contributed by atoms with Crippen LogP contribution < -0.4 is 10.8 Å². The Morgan fingerprint density at radius 3 is 2.21 bits per heavy atom. The molecule has 7 heteroatoms. The van der Waals surface area contributed by atoms with Crippen LogP contribution in [0.25, 0.3) is 0 Å². The highest BCUT2D eigenvalue weighted by Crippen LogP contribution is 2.12. The zero-order valence-electron chi connectivity index (χ0n) is 14.8. The van der Waals surface area contributed by atoms with Crippen molar-refractivity contribution in [1.29, 1.82) is 0 Å². The van der Waals surface area contributed by atoms with Crippen molar-refractivity contribution in [3.05, 3.63) is 35.9 Å². The average molecular weight is 338 g/mol. The third kappa shape index (κ3) is 7.43. The van der Waals surface area contributed by atoms with Gasteiger partial charge in [0, 0.05) is 0 Å². The van der Waals surface area contributed by atoms with Gasteiger partial charge in [-0.15, -0.1) is 0 Å². The van der Waals surface area contributed by atoms with Gasteiger partial charge in [-0.1, -0.05) is 30.3 Å². The molecule has 0 aromatic heterocycles. The maximum absolute atomic E-state index is 12.2. The normalized spacial score (nSPS) is 13.1. The quantitative estimate of drug-likeness (QED) is 0.688. The first-order chi connectivity index (χ1) is 11.0. The summed E-state index contributed by atoms with van der Waals surface area (Å²) in [6.07, 6.45) is -0.798. The first kappa shape index (κ1) is 19.9. The Bertz CT molecular complexity index is 546. The van der Waals surface area contributed by atoms with Crippen LogP contribution in [0.15, 0.2) is 30.3 Å². The fraction of sp³-hybridized carbons (Fsp3) is 0.529. The van der Waals surface area contributed by atoms with E-state index in [2.05, 4.69) is 10.8 Å². The Hall–Kier alpha value is -2.12. The molecule has 2 amide bonds. The van der Waals surface area contributed by atoms with Crippen molar-refractivity contribution in [3.8, 4) is 0 Å². The maximum atomic E-state index is 12.2. The molecule has 0 saturated carbocycles. The minimum Gasteiger partial charge on any atom is -0.444 e. The maximum Gasteiger partial charge on any atom is 0.408 e. The van der Waals surface area contributed by atoms with E-state index in [4.69, 9.17) is 9.57 Å². The van der Waals surface area contributed by atoms with Crippen molar-refractivity contribution < 1.29 is 24.3 Å². The van der Waals surface area contributed by atoms with Crippen LogP contribution >= 0.6 is 0 Å². The molecule has 24 heavy (non-hydrogen) atoms. The topological polar surface area (TPSA) is 96.9 Å². The molecule has 0 aliphatic carbocycles. The van der Waals surface area contributed by atoms with Crippen LogP contribution in [0.2, 0.25) is 0 Å². The van der Waals surface area contributed by atoms with Gasteiger partial charge in [0.15, 0.2) is 0 Å². The van der Waals surface area contributed by atoms with Crippen LogP contribution in [-0.2, 0) is 21.0 Å². The zero-order chi connectivity index (χ0) is 18.4. The van der Waals surface area contributed by atoms with Gasteiger partial charge in [-0.3, -0.25) is 9.63 Å². The Balaban J connectivity index is 2.60. The van der Waals surface area contributed by atoms with Gasteiger partial charge in [0.2, 0.25) is 0 Å². The third-order valence-corrected chi connectivity index (χ3v) is 2.88. The number of aliphatic hydroxyl groups is 1. The van der Waals surface area contributed by atoms with Gasteiger partial charge in [-0.25, -0.2) is 10.3 Å². The minimum absolute atomic E-state index is 0.164. The van der Waals surface area contributed by atoms with Crippen LogP contribution in [0.4, 0.5) is 4.79 Å².